The molecule has 2 aliphatic carbocycles. The van der Waals surface area contributed by atoms with E-state index in [1.165, 1.54) is 38.4 Å². The van der Waals surface area contributed by atoms with E-state index in [1.54, 1.807) is 0 Å². The summed E-state index contributed by atoms with van der Waals surface area (Å²) in [5, 5.41) is 4.76. The Labute approximate surface area is 168 Å². The zero-order chi connectivity index (χ0) is 19.1. The predicted molar refractivity (Wildman–Crippen MR) is 119 cm³/mol. The van der Waals surface area contributed by atoms with Crippen molar-refractivity contribution in [2.24, 2.45) is 0 Å². The molecule has 0 saturated carbocycles. The Balaban J connectivity index is 1.71. The predicted octanol–water partition coefficient (Wildman–Crippen LogP) is 6.78. The molecule has 5 aromatic carbocycles. The molecule has 0 spiro atoms. The van der Waals surface area contributed by atoms with Crippen LogP contribution in [0, 0.1) is 0 Å². The van der Waals surface area contributed by atoms with Crippen molar-refractivity contribution in [3.63, 3.8) is 0 Å². The molecule has 0 atom stereocenters. The molecule has 0 aromatic heterocycles. The summed E-state index contributed by atoms with van der Waals surface area (Å²) in [7, 11) is 0. The summed E-state index contributed by atoms with van der Waals surface area (Å²) >= 11 is 0. The highest BCUT2D eigenvalue weighted by molar-refractivity contribution is 6.34. The summed E-state index contributed by atoms with van der Waals surface area (Å²) in [6.45, 7) is 0. The molecule has 0 heterocycles. The Hall–Kier alpha value is -3.71. The highest BCUT2D eigenvalue weighted by Gasteiger charge is 2.32. The molecule has 0 amide bonds. The molecule has 7 rings (SSSR count). The highest BCUT2D eigenvalue weighted by atomic mass is 16.1. The number of rotatable bonds is 0. The molecule has 0 aliphatic heterocycles. The highest BCUT2D eigenvalue weighted by Crippen LogP contribution is 2.49. The fourth-order valence-electron chi connectivity index (χ4n) is 5.47. The fraction of sp³-hybridized carbons (Fsp3) is 0.0357. The third-order valence-electron chi connectivity index (χ3n) is 6.64. The molecular formula is C28H16O. The van der Waals surface area contributed by atoms with Gasteiger partial charge in [0.2, 0.25) is 0 Å². The summed E-state index contributed by atoms with van der Waals surface area (Å²) in [6, 6.07) is 29.7. The SMILES string of the molecule is O=C1c2ccccc2-c2c1c1ccc3c(c1c1ccccc21)Cc1ccccc1-3. The average Bonchev–Trinajstić information content (AvgIpc) is 3.30. The van der Waals surface area contributed by atoms with Crippen molar-refractivity contribution in [2.75, 3.05) is 0 Å². The number of hydrogen-bond donors (Lipinski definition) is 0. The fourth-order valence-corrected chi connectivity index (χ4v) is 5.47. The number of benzene rings is 5. The van der Waals surface area contributed by atoms with Crippen LogP contribution in [0.5, 0.6) is 0 Å². The Morgan fingerprint density at radius 1 is 0.517 bits per heavy atom. The van der Waals surface area contributed by atoms with Crippen LogP contribution in [0.1, 0.15) is 27.0 Å². The van der Waals surface area contributed by atoms with Gasteiger partial charge in [-0.15, -0.1) is 0 Å². The number of carbonyl (C=O) groups excluding carboxylic acids is 1. The van der Waals surface area contributed by atoms with Gasteiger partial charge in [-0.1, -0.05) is 84.9 Å². The van der Waals surface area contributed by atoms with Crippen molar-refractivity contribution >= 4 is 27.3 Å². The molecule has 0 fully saturated rings. The lowest BCUT2D eigenvalue weighted by Gasteiger charge is -2.15. The van der Waals surface area contributed by atoms with Crippen molar-refractivity contribution < 1.29 is 4.79 Å². The zero-order valence-electron chi connectivity index (χ0n) is 15.7. The normalized spacial score (nSPS) is 13.4. The van der Waals surface area contributed by atoms with Crippen LogP contribution in [0.25, 0.3) is 43.8 Å². The molecule has 1 heteroatoms. The average molecular weight is 368 g/mol. The molecule has 0 N–H and O–H groups in total. The van der Waals surface area contributed by atoms with Crippen LogP contribution in [0.3, 0.4) is 0 Å². The van der Waals surface area contributed by atoms with Crippen molar-refractivity contribution in [1.82, 2.24) is 0 Å². The lowest BCUT2D eigenvalue weighted by molar-refractivity contribution is 0.104. The smallest absolute Gasteiger partial charge is 0.194 e. The molecule has 1 nitrogen and oxygen atoms in total. The van der Waals surface area contributed by atoms with Crippen LogP contribution in [0.2, 0.25) is 0 Å². The molecule has 0 radical (unpaired) electrons. The van der Waals surface area contributed by atoms with Crippen LogP contribution < -0.4 is 0 Å². The standard InChI is InChI=1S/C28H16O/c29-28-22-12-6-5-11-21(22)26-20-10-4-3-9-19(20)25-23(27(26)28)14-13-18-17-8-2-1-7-16(17)15-24(18)25/h1-14H,15H2. The summed E-state index contributed by atoms with van der Waals surface area (Å²) in [5.74, 6) is 0.154. The lowest BCUT2D eigenvalue weighted by atomic mass is 9.87. The quantitative estimate of drug-likeness (QED) is 0.270. The van der Waals surface area contributed by atoms with Gasteiger partial charge in [0, 0.05) is 16.7 Å². The largest absolute Gasteiger partial charge is 0.289 e. The third kappa shape index (κ3) is 1.78. The number of fused-ring (bicyclic) bond motifs is 12. The molecule has 0 unspecified atom stereocenters. The molecule has 134 valence electrons. The van der Waals surface area contributed by atoms with Gasteiger partial charge in [-0.25, -0.2) is 0 Å². The van der Waals surface area contributed by atoms with E-state index >= 15 is 0 Å². The van der Waals surface area contributed by atoms with Gasteiger partial charge in [0.25, 0.3) is 0 Å². The van der Waals surface area contributed by atoms with Gasteiger partial charge in [-0.05, 0) is 55.8 Å². The molecule has 5 aromatic rings. The minimum Gasteiger partial charge on any atom is -0.289 e. The van der Waals surface area contributed by atoms with E-state index in [2.05, 4.69) is 66.7 Å². The Morgan fingerprint density at radius 2 is 1.21 bits per heavy atom. The number of ketones is 1. The summed E-state index contributed by atoms with van der Waals surface area (Å²) in [5.41, 5.74) is 9.21. The van der Waals surface area contributed by atoms with Gasteiger partial charge in [0.15, 0.2) is 5.78 Å². The van der Waals surface area contributed by atoms with Gasteiger partial charge in [0.05, 0.1) is 0 Å². The van der Waals surface area contributed by atoms with Crippen molar-refractivity contribution in [3.05, 3.63) is 107 Å². The van der Waals surface area contributed by atoms with E-state index in [0.29, 0.717) is 0 Å². The second-order valence-corrected chi connectivity index (χ2v) is 8.02. The van der Waals surface area contributed by atoms with Crippen molar-refractivity contribution in [3.8, 4) is 22.3 Å². The van der Waals surface area contributed by atoms with Gasteiger partial charge >= 0.3 is 0 Å². The maximum absolute atomic E-state index is 13.5. The van der Waals surface area contributed by atoms with Crippen LogP contribution >= 0.6 is 0 Å². The van der Waals surface area contributed by atoms with E-state index in [-0.39, 0.29) is 5.78 Å². The Morgan fingerprint density at radius 3 is 2.07 bits per heavy atom. The second kappa shape index (κ2) is 5.21. The summed E-state index contributed by atoms with van der Waals surface area (Å²) < 4.78 is 0. The molecule has 29 heavy (non-hydrogen) atoms. The second-order valence-electron chi connectivity index (χ2n) is 8.02. The lowest BCUT2D eigenvalue weighted by Crippen LogP contribution is -1.98. The molecule has 0 bridgehead atoms. The first-order chi connectivity index (χ1) is 14.3. The maximum atomic E-state index is 13.5. The first kappa shape index (κ1) is 15.2. The van der Waals surface area contributed by atoms with E-state index in [4.69, 9.17) is 0 Å². The first-order valence-electron chi connectivity index (χ1n) is 10.1. The third-order valence-corrected chi connectivity index (χ3v) is 6.64. The number of hydrogen-bond acceptors (Lipinski definition) is 1. The monoisotopic (exact) mass is 368 g/mol. The topological polar surface area (TPSA) is 17.1 Å². The Kier molecular flexibility index (Phi) is 2.74. The molecule has 0 saturated heterocycles. The Bertz CT molecular complexity index is 1540. The minimum atomic E-state index is 0.154. The van der Waals surface area contributed by atoms with Crippen molar-refractivity contribution in [1.29, 1.82) is 0 Å². The van der Waals surface area contributed by atoms with Gasteiger partial charge < -0.3 is 0 Å². The molecule has 2 aliphatic rings. The summed E-state index contributed by atoms with van der Waals surface area (Å²) in [6.07, 6.45) is 0.923. The summed E-state index contributed by atoms with van der Waals surface area (Å²) in [4.78, 5) is 13.5. The molecular weight excluding hydrogens is 352 g/mol. The van der Waals surface area contributed by atoms with Crippen LogP contribution in [-0.4, -0.2) is 5.78 Å². The van der Waals surface area contributed by atoms with Gasteiger partial charge in [-0.2, -0.15) is 0 Å². The zero-order valence-corrected chi connectivity index (χ0v) is 15.7. The van der Waals surface area contributed by atoms with Crippen LogP contribution in [0.4, 0.5) is 0 Å². The van der Waals surface area contributed by atoms with Gasteiger partial charge in [-0.3, -0.25) is 4.79 Å². The van der Waals surface area contributed by atoms with E-state index in [1.807, 2.05) is 18.2 Å². The first-order valence-corrected chi connectivity index (χ1v) is 10.1. The van der Waals surface area contributed by atoms with Crippen LogP contribution in [-0.2, 0) is 6.42 Å². The van der Waals surface area contributed by atoms with E-state index in [0.717, 1.165) is 34.1 Å². The van der Waals surface area contributed by atoms with E-state index in [9.17, 15) is 4.79 Å². The number of carbonyl (C=O) groups is 1. The van der Waals surface area contributed by atoms with E-state index < -0.39 is 0 Å². The van der Waals surface area contributed by atoms with Crippen LogP contribution in [0.15, 0.2) is 84.9 Å². The van der Waals surface area contributed by atoms with Crippen molar-refractivity contribution in [2.45, 2.75) is 6.42 Å². The van der Waals surface area contributed by atoms with Gasteiger partial charge in [0.1, 0.15) is 0 Å². The maximum Gasteiger partial charge on any atom is 0.194 e. The minimum absolute atomic E-state index is 0.154.